The molecule has 7 nitrogen and oxygen atoms in total. The topological polar surface area (TPSA) is 83.9 Å². The van der Waals surface area contributed by atoms with Gasteiger partial charge < -0.3 is 20.5 Å². The normalized spacial score (nSPS) is 19.1. The second kappa shape index (κ2) is 13.2. The van der Waals surface area contributed by atoms with E-state index in [2.05, 4.69) is 105 Å². The number of allylic oxidation sites excluding steroid dienone is 2. The minimum absolute atomic E-state index is 0.0276. The van der Waals surface area contributed by atoms with Crippen LogP contribution in [0.25, 0.3) is 10.8 Å². The quantitative estimate of drug-likeness (QED) is 0.224. The summed E-state index contributed by atoms with van der Waals surface area (Å²) >= 11 is 0. The molecule has 226 valence electrons. The van der Waals surface area contributed by atoms with Gasteiger partial charge in [0.05, 0.1) is 12.6 Å². The van der Waals surface area contributed by atoms with Crippen LogP contribution in [0, 0.1) is 11.8 Å². The summed E-state index contributed by atoms with van der Waals surface area (Å²) in [5, 5.41) is 22.7. The molecule has 7 rings (SSSR count). The van der Waals surface area contributed by atoms with E-state index in [9.17, 15) is 4.79 Å². The zero-order valence-corrected chi connectivity index (χ0v) is 25.3. The molecule has 2 aliphatic heterocycles. The number of rotatable bonds is 10. The number of carbonyl (C=O) groups excluding carboxylic acids is 1. The molecule has 0 spiro atoms. The molecule has 1 aliphatic carbocycles. The molecule has 3 N–H and O–H groups in total. The standard InChI is InChI=1S/C37H42N6O/c44-37(28-19-21-38-22-20-28)40-34(23-30-24-39-33-16-7-6-15-32(30)33)36-42-41-35(18-17-26-9-2-1-3-10-26)43(36)25-29-13-8-12-27-11-4-5-14-31(27)29/h1-5,7-14,16,28,30,34,38-39H,6,15,17-25H2,(H,40,44)/t30?,34-/m1/s1. The molecule has 0 radical (unpaired) electrons. The molecule has 0 saturated carbocycles. The van der Waals surface area contributed by atoms with E-state index >= 15 is 0 Å². The smallest absolute Gasteiger partial charge is 0.223 e. The molecule has 3 aromatic carbocycles. The Kier molecular flexibility index (Phi) is 8.55. The van der Waals surface area contributed by atoms with Gasteiger partial charge in [0.1, 0.15) is 5.82 Å². The van der Waals surface area contributed by atoms with Gasteiger partial charge in [-0.05, 0) is 85.2 Å². The minimum atomic E-state index is -0.227. The summed E-state index contributed by atoms with van der Waals surface area (Å²) in [4.78, 5) is 13.8. The maximum Gasteiger partial charge on any atom is 0.223 e. The lowest BCUT2D eigenvalue weighted by Crippen LogP contribution is -2.41. The van der Waals surface area contributed by atoms with E-state index < -0.39 is 0 Å². The average Bonchev–Trinajstić information content (AvgIpc) is 3.68. The van der Waals surface area contributed by atoms with Gasteiger partial charge in [-0.3, -0.25) is 4.79 Å². The molecule has 1 saturated heterocycles. The molecule has 3 aliphatic rings. The number of carbonyl (C=O) groups is 1. The van der Waals surface area contributed by atoms with Gasteiger partial charge in [-0.15, -0.1) is 10.2 Å². The second-order valence-electron chi connectivity index (χ2n) is 12.5. The largest absolute Gasteiger partial charge is 0.384 e. The summed E-state index contributed by atoms with van der Waals surface area (Å²) in [6.45, 7) is 3.33. The highest BCUT2D eigenvalue weighted by molar-refractivity contribution is 5.85. The first-order valence-corrected chi connectivity index (χ1v) is 16.3. The van der Waals surface area contributed by atoms with Crippen molar-refractivity contribution in [2.75, 3.05) is 19.6 Å². The van der Waals surface area contributed by atoms with Crippen molar-refractivity contribution in [3.05, 3.63) is 119 Å². The Hall–Kier alpha value is -4.23. The van der Waals surface area contributed by atoms with Crippen molar-refractivity contribution in [3.8, 4) is 0 Å². The van der Waals surface area contributed by atoms with Crippen LogP contribution in [0.4, 0.5) is 0 Å². The Bertz CT molecular complexity index is 1660. The molecular weight excluding hydrogens is 544 g/mol. The maximum absolute atomic E-state index is 13.8. The van der Waals surface area contributed by atoms with E-state index in [4.69, 9.17) is 10.2 Å². The zero-order valence-electron chi connectivity index (χ0n) is 25.3. The Morgan fingerprint density at radius 3 is 2.66 bits per heavy atom. The summed E-state index contributed by atoms with van der Waals surface area (Å²) in [6.07, 6.45) is 10.8. The minimum Gasteiger partial charge on any atom is -0.384 e. The highest BCUT2D eigenvalue weighted by atomic mass is 16.2. The van der Waals surface area contributed by atoms with Crippen LogP contribution in [0.3, 0.4) is 0 Å². The van der Waals surface area contributed by atoms with Crippen molar-refractivity contribution in [3.63, 3.8) is 0 Å². The predicted octanol–water partition coefficient (Wildman–Crippen LogP) is 5.64. The maximum atomic E-state index is 13.8. The fraction of sp³-hybridized carbons (Fsp3) is 0.378. The molecule has 2 atom stereocenters. The van der Waals surface area contributed by atoms with Crippen LogP contribution < -0.4 is 16.0 Å². The van der Waals surface area contributed by atoms with E-state index in [-0.39, 0.29) is 17.9 Å². The third-order valence-corrected chi connectivity index (χ3v) is 9.65. The van der Waals surface area contributed by atoms with Crippen LogP contribution in [0.15, 0.2) is 96.2 Å². The summed E-state index contributed by atoms with van der Waals surface area (Å²) in [7, 11) is 0. The van der Waals surface area contributed by atoms with E-state index in [1.807, 2.05) is 0 Å². The van der Waals surface area contributed by atoms with Crippen molar-refractivity contribution in [2.45, 2.75) is 57.5 Å². The van der Waals surface area contributed by atoms with Crippen molar-refractivity contribution < 1.29 is 4.79 Å². The van der Waals surface area contributed by atoms with Crippen LogP contribution >= 0.6 is 0 Å². The average molecular weight is 587 g/mol. The Morgan fingerprint density at radius 2 is 1.77 bits per heavy atom. The number of benzene rings is 3. The highest BCUT2D eigenvalue weighted by Crippen LogP contribution is 2.36. The van der Waals surface area contributed by atoms with Gasteiger partial charge in [0.25, 0.3) is 0 Å². The molecule has 1 unspecified atom stereocenters. The number of piperidine rings is 1. The van der Waals surface area contributed by atoms with Crippen LogP contribution in [-0.4, -0.2) is 40.3 Å². The Morgan fingerprint density at radius 1 is 0.955 bits per heavy atom. The van der Waals surface area contributed by atoms with E-state index in [1.165, 1.54) is 33.2 Å². The Balaban J connectivity index is 1.25. The van der Waals surface area contributed by atoms with Gasteiger partial charge >= 0.3 is 0 Å². The number of nitrogens with zero attached hydrogens (tertiary/aromatic N) is 3. The highest BCUT2D eigenvalue weighted by Gasteiger charge is 2.33. The van der Waals surface area contributed by atoms with E-state index in [0.717, 1.165) is 76.2 Å². The molecule has 4 aromatic rings. The molecular formula is C37H42N6O. The van der Waals surface area contributed by atoms with E-state index in [0.29, 0.717) is 12.5 Å². The van der Waals surface area contributed by atoms with Crippen LogP contribution in [-0.2, 0) is 24.2 Å². The first-order chi connectivity index (χ1) is 21.7. The van der Waals surface area contributed by atoms with Gasteiger partial charge in [0.2, 0.25) is 5.91 Å². The number of fused-ring (bicyclic) bond motifs is 1. The third kappa shape index (κ3) is 6.20. The number of hydrogen-bond donors (Lipinski definition) is 3. The number of hydrogen-bond acceptors (Lipinski definition) is 5. The number of aryl methyl sites for hydroxylation is 2. The molecule has 3 heterocycles. The van der Waals surface area contributed by atoms with Crippen molar-refractivity contribution in [2.24, 2.45) is 11.8 Å². The molecule has 44 heavy (non-hydrogen) atoms. The number of nitrogens with one attached hydrogen (secondary N) is 3. The number of aromatic nitrogens is 3. The summed E-state index contributed by atoms with van der Waals surface area (Å²) < 4.78 is 2.30. The summed E-state index contributed by atoms with van der Waals surface area (Å²) in [5.74, 6) is 2.35. The van der Waals surface area contributed by atoms with E-state index in [1.54, 1.807) is 0 Å². The first-order valence-electron chi connectivity index (χ1n) is 16.3. The SMILES string of the molecule is O=C(N[C@H](CC1CNC2=C1CCC=C2)c1nnc(CCc2ccccc2)n1Cc1cccc2ccccc12)C1CCNCC1. The molecule has 1 aromatic heterocycles. The van der Waals surface area contributed by atoms with Crippen LogP contribution in [0.5, 0.6) is 0 Å². The zero-order chi connectivity index (χ0) is 29.7. The monoisotopic (exact) mass is 586 g/mol. The van der Waals surface area contributed by atoms with Gasteiger partial charge in [0, 0.05) is 30.5 Å². The van der Waals surface area contributed by atoms with Gasteiger partial charge in [-0.1, -0.05) is 78.9 Å². The predicted molar refractivity (Wildman–Crippen MR) is 175 cm³/mol. The third-order valence-electron chi connectivity index (χ3n) is 9.65. The van der Waals surface area contributed by atoms with Crippen molar-refractivity contribution >= 4 is 16.7 Å². The first kappa shape index (κ1) is 28.5. The molecule has 0 bridgehead atoms. The second-order valence-corrected chi connectivity index (χ2v) is 12.5. The van der Waals surface area contributed by atoms with Gasteiger partial charge in [0.15, 0.2) is 5.82 Å². The fourth-order valence-electron chi connectivity index (χ4n) is 7.21. The lowest BCUT2D eigenvalue weighted by Gasteiger charge is -2.28. The van der Waals surface area contributed by atoms with Crippen LogP contribution in [0.2, 0.25) is 0 Å². The van der Waals surface area contributed by atoms with Gasteiger partial charge in [-0.2, -0.15) is 0 Å². The van der Waals surface area contributed by atoms with Crippen molar-refractivity contribution in [1.82, 2.24) is 30.7 Å². The molecule has 1 fully saturated rings. The molecule has 7 heteroatoms. The van der Waals surface area contributed by atoms with Crippen molar-refractivity contribution in [1.29, 1.82) is 0 Å². The lowest BCUT2D eigenvalue weighted by atomic mass is 9.88. The Labute approximate surface area is 259 Å². The fourth-order valence-corrected chi connectivity index (χ4v) is 7.21. The number of amides is 1. The summed E-state index contributed by atoms with van der Waals surface area (Å²) in [5.41, 5.74) is 5.27. The lowest BCUT2D eigenvalue weighted by molar-refractivity contribution is -0.126. The summed E-state index contributed by atoms with van der Waals surface area (Å²) in [6, 6.07) is 25.4. The van der Waals surface area contributed by atoms with Gasteiger partial charge in [-0.25, -0.2) is 0 Å². The van der Waals surface area contributed by atoms with Crippen LogP contribution in [0.1, 0.15) is 60.9 Å². The molecule has 1 amide bonds.